The summed E-state index contributed by atoms with van der Waals surface area (Å²) in [4.78, 5) is 22.6. The average Bonchev–Trinajstić information content (AvgIpc) is 2.44. The molecule has 2 N–H and O–H groups in total. The van der Waals surface area contributed by atoms with Gasteiger partial charge in [-0.05, 0) is 30.5 Å². The van der Waals surface area contributed by atoms with Crippen LogP contribution in [0.3, 0.4) is 0 Å². The number of aliphatic carboxylic acids is 1. The molecule has 0 aliphatic heterocycles. The third kappa shape index (κ3) is 7.53. The number of ether oxygens (including phenoxy) is 1. The molecule has 0 saturated carbocycles. The van der Waals surface area contributed by atoms with Crippen molar-refractivity contribution in [2.24, 2.45) is 0 Å². The molecule has 0 aliphatic carbocycles. The molecule has 1 atom stereocenters. The van der Waals surface area contributed by atoms with Crippen molar-refractivity contribution in [3.63, 3.8) is 0 Å². The van der Waals surface area contributed by atoms with Gasteiger partial charge in [0.2, 0.25) is 5.91 Å². The molecule has 128 valence electrons. The maximum atomic E-state index is 12.0. The number of carbonyl (C=O) groups excluding carboxylic acids is 1. The summed E-state index contributed by atoms with van der Waals surface area (Å²) in [6, 6.07) is 4.26. The molecule has 1 aromatic rings. The highest BCUT2D eigenvalue weighted by Crippen LogP contribution is 2.22. The SMILES string of the molecule is CCCC(NC(=O)CCc1ccc(OC(F)(F)F)cc1)C(=O)O. The molecule has 1 rings (SSSR count). The van der Waals surface area contributed by atoms with Crippen LogP contribution in [-0.2, 0) is 16.0 Å². The van der Waals surface area contributed by atoms with E-state index < -0.39 is 24.3 Å². The monoisotopic (exact) mass is 333 g/mol. The van der Waals surface area contributed by atoms with E-state index in [1.54, 1.807) is 0 Å². The molecule has 1 unspecified atom stereocenters. The van der Waals surface area contributed by atoms with Gasteiger partial charge in [0.25, 0.3) is 0 Å². The van der Waals surface area contributed by atoms with Crippen molar-refractivity contribution in [2.75, 3.05) is 0 Å². The molecule has 0 saturated heterocycles. The van der Waals surface area contributed by atoms with E-state index in [4.69, 9.17) is 5.11 Å². The molecule has 0 spiro atoms. The highest BCUT2D eigenvalue weighted by molar-refractivity contribution is 5.83. The van der Waals surface area contributed by atoms with Crippen LogP contribution < -0.4 is 10.1 Å². The summed E-state index contributed by atoms with van der Waals surface area (Å²) >= 11 is 0. The lowest BCUT2D eigenvalue weighted by Gasteiger charge is -2.13. The van der Waals surface area contributed by atoms with E-state index in [-0.39, 0.29) is 18.6 Å². The minimum absolute atomic E-state index is 0.0486. The number of alkyl halides is 3. The number of rotatable bonds is 8. The first-order valence-electron chi connectivity index (χ1n) is 7.08. The molecular formula is C15H18F3NO4. The van der Waals surface area contributed by atoms with Gasteiger partial charge >= 0.3 is 12.3 Å². The average molecular weight is 333 g/mol. The minimum atomic E-state index is -4.74. The topological polar surface area (TPSA) is 75.6 Å². The van der Waals surface area contributed by atoms with Gasteiger partial charge in [-0.2, -0.15) is 0 Å². The van der Waals surface area contributed by atoms with Crippen LogP contribution in [0.1, 0.15) is 31.7 Å². The molecule has 0 bridgehead atoms. The van der Waals surface area contributed by atoms with Crippen molar-refractivity contribution < 1.29 is 32.6 Å². The quantitative estimate of drug-likeness (QED) is 0.767. The third-order valence-electron chi connectivity index (χ3n) is 3.01. The van der Waals surface area contributed by atoms with Crippen LogP contribution in [0.2, 0.25) is 0 Å². The summed E-state index contributed by atoms with van der Waals surface area (Å²) in [5.41, 5.74) is 0.650. The van der Waals surface area contributed by atoms with E-state index in [1.807, 2.05) is 6.92 Å². The molecule has 0 heterocycles. The maximum Gasteiger partial charge on any atom is 0.573 e. The number of carbonyl (C=O) groups is 2. The second kappa shape index (κ2) is 8.40. The molecule has 0 fully saturated rings. The Bertz CT molecular complexity index is 529. The number of hydrogen-bond acceptors (Lipinski definition) is 3. The fourth-order valence-electron chi connectivity index (χ4n) is 1.93. The molecule has 0 aromatic heterocycles. The van der Waals surface area contributed by atoms with Crippen LogP contribution in [0, 0.1) is 0 Å². The summed E-state index contributed by atoms with van der Waals surface area (Å²) in [5.74, 6) is -1.84. The molecular weight excluding hydrogens is 315 g/mol. The van der Waals surface area contributed by atoms with Crippen LogP contribution >= 0.6 is 0 Å². The summed E-state index contributed by atoms with van der Waals surface area (Å²) in [6.07, 6.45) is -3.45. The summed E-state index contributed by atoms with van der Waals surface area (Å²) in [7, 11) is 0. The van der Waals surface area contributed by atoms with Crippen LogP contribution in [0.15, 0.2) is 24.3 Å². The van der Waals surface area contributed by atoms with Gasteiger partial charge in [0.15, 0.2) is 0 Å². The normalized spacial score (nSPS) is 12.5. The second-order valence-corrected chi connectivity index (χ2v) is 4.94. The van der Waals surface area contributed by atoms with Gasteiger partial charge in [-0.25, -0.2) is 4.79 Å². The Morgan fingerprint density at radius 3 is 2.35 bits per heavy atom. The molecule has 8 heteroatoms. The zero-order valence-electron chi connectivity index (χ0n) is 12.5. The number of benzene rings is 1. The highest BCUT2D eigenvalue weighted by Gasteiger charge is 2.30. The third-order valence-corrected chi connectivity index (χ3v) is 3.01. The predicted octanol–water partition coefficient (Wildman–Crippen LogP) is 2.89. The first-order valence-corrected chi connectivity index (χ1v) is 7.08. The lowest BCUT2D eigenvalue weighted by molar-refractivity contribution is -0.274. The van der Waals surface area contributed by atoms with Gasteiger partial charge in [-0.15, -0.1) is 13.2 Å². The van der Waals surface area contributed by atoms with E-state index in [9.17, 15) is 22.8 Å². The molecule has 5 nitrogen and oxygen atoms in total. The molecule has 0 aliphatic rings. The number of amides is 1. The zero-order valence-corrected chi connectivity index (χ0v) is 12.5. The van der Waals surface area contributed by atoms with Crippen molar-refractivity contribution >= 4 is 11.9 Å². The van der Waals surface area contributed by atoms with Gasteiger partial charge in [-0.3, -0.25) is 4.79 Å². The van der Waals surface area contributed by atoms with E-state index >= 15 is 0 Å². The fraction of sp³-hybridized carbons (Fsp3) is 0.467. The molecule has 0 radical (unpaired) electrons. The number of hydrogen-bond donors (Lipinski definition) is 2. The molecule has 23 heavy (non-hydrogen) atoms. The zero-order chi connectivity index (χ0) is 17.5. The Labute approximate surface area is 131 Å². The second-order valence-electron chi connectivity index (χ2n) is 4.94. The largest absolute Gasteiger partial charge is 0.573 e. The Morgan fingerprint density at radius 2 is 1.87 bits per heavy atom. The van der Waals surface area contributed by atoms with Gasteiger partial charge in [0, 0.05) is 6.42 Å². The molecule has 1 aromatic carbocycles. The Hall–Kier alpha value is -2.25. The Morgan fingerprint density at radius 1 is 1.26 bits per heavy atom. The van der Waals surface area contributed by atoms with Gasteiger partial charge in [-0.1, -0.05) is 25.5 Å². The van der Waals surface area contributed by atoms with Crippen molar-refractivity contribution in [2.45, 2.75) is 45.0 Å². The summed E-state index contributed by atoms with van der Waals surface area (Å²) in [5, 5.41) is 11.4. The number of carboxylic acid groups (broad SMARTS) is 1. The number of carboxylic acids is 1. The van der Waals surface area contributed by atoms with E-state index in [0.717, 1.165) is 12.1 Å². The van der Waals surface area contributed by atoms with Gasteiger partial charge in [0.05, 0.1) is 0 Å². The van der Waals surface area contributed by atoms with E-state index in [1.165, 1.54) is 12.1 Å². The van der Waals surface area contributed by atoms with E-state index in [2.05, 4.69) is 10.1 Å². The first-order chi connectivity index (χ1) is 10.7. The van der Waals surface area contributed by atoms with Crippen LogP contribution in [0.5, 0.6) is 5.75 Å². The number of nitrogens with one attached hydrogen (secondary N) is 1. The van der Waals surface area contributed by atoms with E-state index in [0.29, 0.717) is 18.4 Å². The van der Waals surface area contributed by atoms with Crippen molar-refractivity contribution in [3.8, 4) is 5.75 Å². The lowest BCUT2D eigenvalue weighted by atomic mass is 10.1. The predicted molar refractivity (Wildman–Crippen MR) is 75.9 cm³/mol. The summed E-state index contributed by atoms with van der Waals surface area (Å²) in [6.45, 7) is 1.81. The first kappa shape index (κ1) is 18.8. The maximum absolute atomic E-state index is 12.0. The van der Waals surface area contributed by atoms with Crippen molar-refractivity contribution in [3.05, 3.63) is 29.8 Å². The Balaban J connectivity index is 2.48. The minimum Gasteiger partial charge on any atom is -0.480 e. The highest BCUT2D eigenvalue weighted by atomic mass is 19.4. The van der Waals surface area contributed by atoms with Crippen LogP contribution in [0.4, 0.5) is 13.2 Å². The lowest BCUT2D eigenvalue weighted by Crippen LogP contribution is -2.40. The van der Waals surface area contributed by atoms with Gasteiger partial charge in [0.1, 0.15) is 11.8 Å². The smallest absolute Gasteiger partial charge is 0.480 e. The fourth-order valence-corrected chi connectivity index (χ4v) is 1.93. The van der Waals surface area contributed by atoms with Crippen LogP contribution in [-0.4, -0.2) is 29.4 Å². The Kier molecular flexibility index (Phi) is 6.87. The number of halogens is 3. The molecule has 1 amide bonds. The summed E-state index contributed by atoms with van der Waals surface area (Å²) < 4.78 is 39.8. The van der Waals surface area contributed by atoms with Gasteiger partial charge < -0.3 is 15.2 Å². The number of aryl methyl sites for hydroxylation is 1. The van der Waals surface area contributed by atoms with Crippen molar-refractivity contribution in [1.82, 2.24) is 5.32 Å². The standard InChI is InChI=1S/C15H18F3NO4/c1-2-3-12(14(21)22)19-13(20)9-6-10-4-7-11(8-5-10)23-15(16,17)18/h4-5,7-8,12H,2-3,6,9H2,1H3,(H,19,20)(H,21,22). The van der Waals surface area contributed by atoms with Crippen LogP contribution in [0.25, 0.3) is 0 Å². The van der Waals surface area contributed by atoms with Crippen molar-refractivity contribution in [1.29, 1.82) is 0 Å².